The first-order chi connectivity index (χ1) is 15.9. The van der Waals surface area contributed by atoms with Gasteiger partial charge in [0.05, 0.1) is 6.10 Å². The van der Waals surface area contributed by atoms with Crippen LogP contribution < -0.4 is 10.4 Å². The Morgan fingerprint density at radius 2 is 2.06 bits per heavy atom. The summed E-state index contributed by atoms with van der Waals surface area (Å²) in [7, 11) is 0. The van der Waals surface area contributed by atoms with Gasteiger partial charge in [-0.25, -0.2) is 14.0 Å². The highest BCUT2D eigenvalue weighted by Crippen LogP contribution is 2.30. The molecular weight excluding hydrogens is 466 g/mol. The Kier molecular flexibility index (Phi) is 7.66. The van der Waals surface area contributed by atoms with Crippen molar-refractivity contribution in [1.82, 2.24) is 14.3 Å². The number of alkyl halides is 3. The van der Waals surface area contributed by atoms with Crippen LogP contribution in [0, 0.1) is 5.82 Å². The third-order valence-electron chi connectivity index (χ3n) is 5.36. The lowest BCUT2D eigenvalue weighted by atomic mass is 10.1. The van der Waals surface area contributed by atoms with E-state index < -0.39 is 53.0 Å². The molecular formula is C21H25F4N3O6. The van der Waals surface area contributed by atoms with Gasteiger partial charge in [0.1, 0.15) is 29.4 Å². The second kappa shape index (κ2) is 10.1. The highest BCUT2D eigenvalue weighted by Gasteiger charge is 2.39. The first kappa shape index (κ1) is 25.7. The van der Waals surface area contributed by atoms with Crippen molar-refractivity contribution < 1.29 is 41.7 Å². The molecule has 34 heavy (non-hydrogen) atoms. The van der Waals surface area contributed by atoms with Crippen LogP contribution in [0.25, 0.3) is 5.69 Å². The molecule has 1 saturated heterocycles. The van der Waals surface area contributed by atoms with Crippen LogP contribution in [0.2, 0.25) is 0 Å². The largest absolute Gasteiger partial charge is 0.480 e. The molecule has 2 heterocycles. The van der Waals surface area contributed by atoms with Gasteiger partial charge in [0.25, 0.3) is 0 Å². The third-order valence-corrected chi connectivity index (χ3v) is 5.36. The monoisotopic (exact) mass is 491 g/mol. The van der Waals surface area contributed by atoms with Crippen LogP contribution in [0.5, 0.6) is 5.75 Å². The van der Waals surface area contributed by atoms with E-state index in [1.807, 2.05) is 6.92 Å². The van der Waals surface area contributed by atoms with Crippen molar-refractivity contribution in [2.75, 3.05) is 0 Å². The van der Waals surface area contributed by atoms with Crippen LogP contribution in [-0.2, 0) is 22.6 Å². The fourth-order valence-electron chi connectivity index (χ4n) is 3.50. The Morgan fingerprint density at radius 1 is 1.35 bits per heavy atom. The second-order valence-corrected chi connectivity index (χ2v) is 7.88. The number of carboxylic acid groups (broad SMARTS) is 1. The van der Waals surface area contributed by atoms with Gasteiger partial charge in [-0.1, -0.05) is 0 Å². The molecule has 0 saturated carbocycles. The van der Waals surface area contributed by atoms with E-state index in [2.05, 4.69) is 5.10 Å². The molecule has 0 amide bonds. The Morgan fingerprint density at radius 3 is 2.65 bits per heavy atom. The van der Waals surface area contributed by atoms with Gasteiger partial charge < -0.3 is 19.3 Å². The zero-order chi connectivity index (χ0) is 25.2. The molecule has 0 bridgehead atoms. The van der Waals surface area contributed by atoms with Crippen molar-refractivity contribution in [3.63, 3.8) is 0 Å². The number of nitrogens with zero attached hydrogens (tertiary/aromatic N) is 3. The van der Waals surface area contributed by atoms with Gasteiger partial charge in [0.2, 0.25) is 0 Å². The smallest absolute Gasteiger partial charge is 0.425 e. The predicted molar refractivity (Wildman–Crippen MR) is 110 cm³/mol. The van der Waals surface area contributed by atoms with Crippen molar-refractivity contribution >= 4 is 5.97 Å². The molecule has 188 valence electrons. The maximum absolute atomic E-state index is 14.8. The van der Waals surface area contributed by atoms with Crippen molar-refractivity contribution in [3.8, 4) is 11.4 Å². The molecule has 3 atom stereocenters. The van der Waals surface area contributed by atoms with Gasteiger partial charge in [0, 0.05) is 12.6 Å². The zero-order valence-electron chi connectivity index (χ0n) is 18.8. The highest BCUT2D eigenvalue weighted by molar-refractivity contribution is 5.91. The zero-order valence-corrected chi connectivity index (χ0v) is 18.8. The summed E-state index contributed by atoms with van der Waals surface area (Å²) in [5, 5.41) is 13.4. The molecule has 13 heteroatoms. The predicted octanol–water partition coefficient (Wildman–Crippen LogP) is 3.65. The molecule has 1 aliphatic rings. The number of aromatic nitrogens is 3. The maximum Gasteiger partial charge on any atom is 0.425 e. The molecule has 2 aromatic rings. The van der Waals surface area contributed by atoms with Gasteiger partial charge >= 0.3 is 17.8 Å². The lowest BCUT2D eigenvalue weighted by molar-refractivity contribution is -0.196. The van der Waals surface area contributed by atoms with Crippen LogP contribution >= 0.6 is 0 Å². The fraction of sp³-hybridized carbons (Fsp3) is 0.571. The first-order valence-corrected chi connectivity index (χ1v) is 10.7. The molecule has 1 aliphatic heterocycles. The number of benzene rings is 1. The van der Waals surface area contributed by atoms with Crippen LogP contribution in [0.15, 0.2) is 16.9 Å². The summed E-state index contributed by atoms with van der Waals surface area (Å²) in [6.45, 7) is 4.27. The summed E-state index contributed by atoms with van der Waals surface area (Å²) in [6.07, 6.45) is -5.19. The topological polar surface area (TPSA) is 105 Å². The van der Waals surface area contributed by atoms with Crippen LogP contribution in [-0.4, -0.2) is 50.1 Å². The minimum atomic E-state index is -4.80. The minimum absolute atomic E-state index is 0.0176. The molecule has 0 radical (unpaired) electrons. The molecule has 3 rings (SSSR count). The number of hydrogen-bond acceptors (Lipinski definition) is 6. The van der Waals surface area contributed by atoms with Crippen LogP contribution in [0.3, 0.4) is 0 Å². The van der Waals surface area contributed by atoms with E-state index in [9.17, 15) is 32.3 Å². The normalized spacial score (nSPS) is 19.7. The Bertz CT molecular complexity index is 1100. The van der Waals surface area contributed by atoms with E-state index in [-0.39, 0.29) is 25.1 Å². The Hall–Kier alpha value is -2.93. The van der Waals surface area contributed by atoms with Crippen molar-refractivity contribution in [1.29, 1.82) is 0 Å². The molecule has 1 aromatic carbocycles. The van der Waals surface area contributed by atoms with Gasteiger partial charge in [-0.3, -0.25) is 4.57 Å². The summed E-state index contributed by atoms with van der Waals surface area (Å²) in [5.41, 5.74) is -2.17. The lowest BCUT2D eigenvalue weighted by Gasteiger charge is -2.27. The lowest BCUT2D eigenvalue weighted by Crippen LogP contribution is -2.32. The molecule has 1 fully saturated rings. The number of ether oxygens (including phenoxy) is 3. The van der Waals surface area contributed by atoms with Crippen LogP contribution in [0.1, 0.15) is 56.2 Å². The van der Waals surface area contributed by atoms with Gasteiger partial charge in [-0.15, -0.1) is 5.10 Å². The van der Waals surface area contributed by atoms with Gasteiger partial charge in [0.15, 0.2) is 18.2 Å². The van der Waals surface area contributed by atoms with E-state index in [1.165, 1.54) is 4.57 Å². The van der Waals surface area contributed by atoms with E-state index >= 15 is 0 Å². The van der Waals surface area contributed by atoms with E-state index in [0.29, 0.717) is 30.2 Å². The number of halogens is 4. The van der Waals surface area contributed by atoms with E-state index in [4.69, 9.17) is 14.2 Å². The summed E-state index contributed by atoms with van der Waals surface area (Å²) >= 11 is 0. The molecule has 1 aromatic heterocycles. The summed E-state index contributed by atoms with van der Waals surface area (Å²) in [5.74, 6) is -3.49. The number of aromatic carboxylic acids is 1. The number of carbonyl (C=O) groups is 1. The Balaban J connectivity index is 1.97. The Labute approximate surface area is 191 Å². The quantitative estimate of drug-likeness (QED) is 0.562. The van der Waals surface area contributed by atoms with E-state index in [0.717, 1.165) is 12.8 Å². The molecule has 0 aliphatic carbocycles. The maximum atomic E-state index is 14.8. The van der Waals surface area contributed by atoms with Crippen molar-refractivity contribution in [3.05, 3.63) is 39.8 Å². The summed E-state index contributed by atoms with van der Waals surface area (Å²) in [4.78, 5) is 24.3. The minimum Gasteiger partial charge on any atom is -0.480 e. The third kappa shape index (κ3) is 5.58. The number of rotatable bonds is 8. The van der Waals surface area contributed by atoms with Gasteiger partial charge in [-0.2, -0.15) is 17.9 Å². The van der Waals surface area contributed by atoms with Crippen molar-refractivity contribution in [2.45, 2.75) is 77.9 Å². The number of carboxylic acids is 1. The second-order valence-electron chi connectivity index (χ2n) is 7.88. The molecule has 9 nitrogen and oxygen atoms in total. The molecule has 0 spiro atoms. The molecule has 2 unspecified atom stereocenters. The highest BCUT2D eigenvalue weighted by atomic mass is 19.4. The SMILES string of the molecule is CCn1c(COC2CCCC(C)O2)nn(-c2cc(O[C@@H](C)C(F)(F)F)c(C(=O)O)cc2F)c1=O. The van der Waals surface area contributed by atoms with Crippen molar-refractivity contribution in [2.24, 2.45) is 0 Å². The summed E-state index contributed by atoms with van der Waals surface area (Å²) in [6, 6.07) is 1.20. The van der Waals surface area contributed by atoms with Crippen LogP contribution in [0.4, 0.5) is 17.6 Å². The van der Waals surface area contributed by atoms with Gasteiger partial charge in [-0.05, 0) is 46.1 Å². The standard InChI is InChI=1S/C21H25F4N3O6/c1-4-27-17(10-32-18-7-5-6-11(2)33-18)26-28(20(27)31)15-9-16(34-12(3)21(23,24)25)13(19(29)30)8-14(15)22/h8-9,11-12,18H,4-7,10H2,1-3H3,(H,29,30)/t11?,12-,18?/m0/s1. The average molecular weight is 491 g/mol. The fourth-order valence-corrected chi connectivity index (χ4v) is 3.50. The molecule has 1 N–H and O–H groups in total. The average Bonchev–Trinajstić information content (AvgIpc) is 3.07. The van der Waals surface area contributed by atoms with E-state index in [1.54, 1.807) is 6.92 Å². The first-order valence-electron chi connectivity index (χ1n) is 10.7. The number of hydrogen-bond donors (Lipinski definition) is 1. The summed E-state index contributed by atoms with van der Waals surface area (Å²) < 4.78 is 71.6.